The lowest BCUT2D eigenvalue weighted by molar-refractivity contribution is -0.117. The highest BCUT2D eigenvalue weighted by molar-refractivity contribution is 6.18. The molecule has 284 valence electrons. The summed E-state index contributed by atoms with van der Waals surface area (Å²) in [6, 6.07) is 14.3. The van der Waals surface area contributed by atoms with Crippen molar-refractivity contribution in [1.82, 2.24) is 14.5 Å². The average Bonchev–Trinajstić information content (AvgIpc) is 3.83. The molecule has 0 fully saturated rings. The summed E-state index contributed by atoms with van der Waals surface area (Å²) in [6.45, 7) is 1.06. The molecule has 0 atom stereocenters. The highest BCUT2D eigenvalue weighted by atomic mass is 35.5. The van der Waals surface area contributed by atoms with Gasteiger partial charge in [-0.05, 0) is 80.3 Å². The number of nitrogens with one attached hydrogen (secondary N) is 5. The lowest BCUT2D eigenvalue weighted by Crippen LogP contribution is -2.26. The van der Waals surface area contributed by atoms with Gasteiger partial charge in [0.05, 0.1) is 11.4 Å². The largest absolute Gasteiger partial charge is 0.508 e. The highest BCUT2D eigenvalue weighted by Crippen LogP contribution is 2.27. The number of phenols is 1. The van der Waals surface area contributed by atoms with Crippen molar-refractivity contribution in [2.24, 2.45) is 19.8 Å². The van der Waals surface area contributed by atoms with Crippen LogP contribution < -0.4 is 32.3 Å². The third-order valence-electron chi connectivity index (χ3n) is 8.47. The molecule has 2 aromatic carbocycles. The fourth-order valence-electron chi connectivity index (χ4n) is 5.75. The Morgan fingerprint density at radius 2 is 1.41 bits per heavy atom. The molecule has 5 rings (SSSR count). The minimum Gasteiger partial charge on any atom is -0.508 e. The van der Waals surface area contributed by atoms with E-state index in [0.29, 0.717) is 64.8 Å². The number of nitrogens with zero attached hydrogens (tertiary/aromatic N) is 2. The van der Waals surface area contributed by atoms with Gasteiger partial charge < -0.3 is 51.0 Å². The molecule has 0 saturated carbocycles. The molecular formula is C38H43ClN8O7. The van der Waals surface area contributed by atoms with Crippen LogP contribution in [0.1, 0.15) is 69.2 Å². The number of carbonyl (C=O) groups is 5. The van der Waals surface area contributed by atoms with E-state index in [1.165, 1.54) is 12.1 Å². The fourth-order valence-corrected chi connectivity index (χ4v) is 5.95. The number of carbonyl (C=O) groups excluding carboxylic acids is 5. The molecule has 5 amide bonds. The third-order valence-corrected chi connectivity index (χ3v) is 8.66. The molecule has 0 aliphatic rings. The van der Waals surface area contributed by atoms with Gasteiger partial charge in [0.25, 0.3) is 17.7 Å². The number of anilines is 4. The summed E-state index contributed by atoms with van der Waals surface area (Å²) in [5.74, 6) is -1.42. The maximum Gasteiger partial charge on any atom is 0.291 e. The van der Waals surface area contributed by atoms with Crippen LogP contribution in [0, 0.1) is 0 Å². The van der Waals surface area contributed by atoms with Crippen molar-refractivity contribution < 1.29 is 33.5 Å². The van der Waals surface area contributed by atoms with Crippen molar-refractivity contribution in [3.63, 3.8) is 0 Å². The van der Waals surface area contributed by atoms with E-state index in [2.05, 4.69) is 26.6 Å². The Balaban J connectivity index is 1.08. The predicted molar refractivity (Wildman–Crippen MR) is 207 cm³/mol. The number of rotatable bonds is 17. The number of furan rings is 1. The van der Waals surface area contributed by atoms with Gasteiger partial charge in [-0.15, -0.1) is 11.6 Å². The van der Waals surface area contributed by atoms with E-state index in [0.717, 1.165) is 18.4 Å². The average molecular weight is 759 g/mol. The Kier molecular flexibility index (Phi) is 13.1. The normalized spacial score (nSPS) is 11.0. The number of aromatic hydroxyl groups is 1. The number of halogens is 1. The van der Waals surface area contributed by atoms with Crippen LogP contribution >= 0.6 is 11.6 Å². The Labute approximate surface area is 316 Å². The number of aromatic nitrogens is 2. The molecule has 0 aliphatic carbocycles. The number of amides is 5. The van der Waals surface area contributed by atoms with Crippen molar-refractivity contribution in [3.8, 4) is 5.75 Å². The second-order valence-electron chi connectivity index (χ2n) is 12.7. The standard InChI is InChI=1S/C38H43ClN8O7/c1-46-22-27(19-30(46)36(51)41-15-4-3-14-40)44-37(52)31-18-26(21-47(31)2)43-35(50)7-5-6-34(49)42-25-9-11-32-24(16-25)17-33(54-32)38(53)45-29-20-28(48)10-8-23(29)12-13-39/h8-11,16-22,48H,3-7,12-15,40H2,1-2H3,(H,41,51)(H,42,49)(H,43,50)(H,44,52)(H,45,53). The number of nitrogens with two attached hydrogens (primary N) is 1. The SMILES string of the molecule is Cn1cc(NC(=O)c2cc(NC(=O)CCCC(=O)Nc3ccc4oc(C(=O)Nc5cc(O)ccc5CCCl)cc4c3)cn2C)cc1C(=O)NCCCCN. The van der Waals surface area contributed by atoms with E-state index < -0.39 is 11.8 Å². The monoisotopic (exact) mass is 758 g/mol. The number of benzene rings is 2. The summed E-state index contributed by atoms with van der Waals surface area (Å²) in [5.41, 5.74) is 9.17. The molecule has 0 spiro atoms. The van der Waals surface area contributed by atoms with Gasteiger partial charge >= 0.3 is 0 Å². The van der Waals surface area contributed by atoms with E-state index >= 15 is 0 Å². The maximum atomic E-state index is 13.0. The van der Waals surface area contributed by atoms with Gasteiger partial charge in [-0.3, -0.25) is 24.0 Å². The molecule has 5 aromatic rings. The number of aryl methyl sites for hydroxylation is 3. The molecule has 0 radical (unpaired) electrons. The predicted octanol–water partition coefficient (Wildman–Crippen LogP) is 5.32. The first-order chi connectivity index (χ1) is 25.9. The molecule has 16 heteroatoms. The van der Waals surface area contributed by atoms with E-state index in [4.69, 9.17) is 21.8 Å². The second kappa shape index (κ2) is 18.1. The van der Waals surface area contributed by atoms with Gasteiger partial charge in [-0.25, -0.2) is 0 Å². The summed E-state index contributed by atoms with van der Waals surface area (Å²) in [7, 11) is 3.39. The fraction of sp³-hybridized carbons (Fsp3) is 0.289. The number of unbranched alkanes of at least 4 members (excludes halogenated alkanes) is 1. The molecule has 8 N–H and O–H groups in total. The molecule has 54 heavy (non-hydrogen) atoms. The number of hydrogen-bond acceptors (Lipinski definition) is 8. The molecule has 0 bridgehead atoms. The first kappa shape index (κ1) is 39.2. The quantitative estimate of drug-likeness (QED) is 0.0486. The zero-order chi connectivity index (χ0) is 38.8. The first-order valence-corrected chi connectivity index (χ1v) is 17.9. The van der Waals surface area contributed by atoms with Crippen LogP contribution in [0.5, 0.6) is 5.75 Å². The zero-order valence-corrected chi connectivity index (χ0v) is 30.7. The van der Waals surface area contributed by atoms with Gasteiger partial charge in [0.1, 0.15) is 22.7 Å². The Hall–Kier alpha value is -6.06. The lowest BCUT2D eigenvalue weighted by atomic mass is 10.1. The number of hydrogen-bond donors (Lipinski definition) is 7. The van der Waals surface area contributed by atoms with Crippen LogP contribution in [0.15, 0.2) is 71.4 Å². The number of phenolic OH excluding ortho intramolecular Hbond substituents is 1. The van der Waals surface area contributed by atoms with Crippen LogP contribution in [0.25, 0.3) is 11.0 Å². The van der Waals surface area contributed by atoms with Crippen LogP contribution in [-0.2, 0) is 30.1 Å². The lowest BCUT2D eigenvalue weighted by Gasteiger charge is -2.09. The summed E-state index contributed by atoms with van der Waals surface area (Å²) < 4.78 is 8.91. The molecule has 3 heterocycles. The van der Waals surface area contributed by atoms with Crippen LogP contribution in [-0.4, -0.2) is 62.7 Å². The summed E-state index contributed by atoms with van der Waals surface area (Å²) >= 11 is 5.87. The van der Waals surface area contributed by atoms with Crippen molar-refractivity contribution >= 4 is 74.9 Å². The van der Waals surface area contributed by atoms with Gasteiger partial charge in [0, 0.05) is 74.6 Å². The number of alkyl halides is 1. The van der Waals surface area contributed by atoms with E-state index in [-0.39, 0.29) is 54.2 Å². The zero-order valence-electron chi connectivity index (χ0n) is 30.0. The summed E-state index contributed by atoms with van der Waals surface area (Å²) in [5, 5.41) is 24.4. The van der Waals surface area contributed by atoms with Crippen LogP contribution in [0.2, 0.25) is 0 Å². The van der Waals surface area contributed by atoms with Gasteiger partial charge in [-0.2, -0.15) is 0 Å². The van der Waals surface area contributed by atoms with Crippen molar-refractivity contribution in [3.05, 3.63) is 89.7 Å². The summed E-state index contributed by atoms with van der Waals surface area (Å²) in [4.78, 5) is 63.8. The molecule has 0 aliphatic heterocycles. The maximum absolute atomic E-state index is 13.0. The summed E-state index contributed by atoms with van der Waals surface area (Å²) in [6.07, 6.45) is 5.74. The van der Waals surface area contributed by atoms with Crippen LogP contribution in [0.3, 0.4) is 0 Å². The topological polar surface area (TPSA) is 215 Å². The molecule has 0 saturated heterocycles. The smallest absolute Gasteiger partial charge is 0.291 e. The van der Waals surface area contributed by atoms with Gasteiger partial charge in [0.2, 0.25) is 11.8 Å². The Bertz CT molecular complexity index is 2170. The third kappa shape index (κ3) is 10.3. The molecule has 0 unspecified atom stereocenters. The molecular weight excluding hydrogens is 716 g/mol. The van der Waals surface area contributed by atoms with Gasteiger partial charge in [-0.1, -0.05) is 6.07 Å². The van der Waals surface area contributed by atoms with E-state index in [9.17, 15) is 29.1 Å². The Morgan fingerprint density at radius 3 is 2.09 bits per heavy atom. The van der Waals surface area contributed by atoms with Crippen LogP contribution in [0.4, 0.5) is 22.7 Å². The highest BCUT2D eigenvalue weighted by Gasteiger charge is 2.18. The minimum absolute atomic E-state index is 0.000509. The van der Waals surface area contributed by atoms with Crippen molar-refractivity contribution in [1.29, 1.82) is 0 Å². The second-order valence-corrected chi connectivity index (χ2v) is 13.1. The number of fused-ring (bicyclic) bond motifs is 1. The van der Waals surface area contributed by atoms with E-state index in [1.807, 2.05) is 0 Å². The minimum atomic E-state index is -0.509. The van der Waals surface area contributed by atoms with Gasteiger partial charge in [0.15, 0.2) is 5.76 Å². The molecule has 15 nitrogen and oxygen atoms in total. The Morgan fingerprint density at radius 1 is 0.741 bits per heavy atom. The van der Waals surface area contributed by atoms with Crippen molar-refractivity contribution in [2.45, 2.75) is 38.5 Å². The first-order valence-electron chi connectivity index (χ1n) is 17.4. The van der Waals surface area contributed by atoms with Crippen molar-refractivity contribution in [2.75, 3.05) is 40.2 Å². The molecule has 3 aromatic heterocycles. The van der Waals surface area contributed by atoms with E-state index in [1.54, 1.807) is 78.1 Å².